The topological polar surface area (TPSA) is 64.3 Å². The molecule has 0 aliphatic heterocycles. The van der Waals surface area contributed by atoms with E-state index in [0.717, 1.165) is 11.3 Å². The SMILES string of the molecule is COC(=O)[C@@H](N)CC#Cc1ccc(NCc2ccccc2F)cc1. The summed E-state index contributed by atoms with van der Waals surface area (Å²) in [6.45, 7) is 0.408. The Hall–Kier alpha value is -2.84. The van der Waals surface area contributed by atoms with Gasteiger partial charge in [-0.3, -0.25) is 4.79 Å². The number of benzene rings is 2. The van der Waals surface area contributed by atoms with E-state index in [9.17, 15) is 9.18 Å². The molecular formula is C19H19FN2O2. The molecule has 0 bridgehead atoms. The maximum atomic E-state index is 13.5. The Kier molecular flexibility index (Phi) is 6.35. The number of nitrogens with two attached hydrogens (primary N) is 1. The molecule has 0 radical (unpaired) electrons. The van der Waals surface area contributed by atoms with Crippen molar-refractivity contribution in [2.24, 2.45) is 5.73 Å². The zero-order valence-corrected chi connectivity index (χ0v) is 13.4. The number of ether oxygens (including phenoxy) is 1. The van der Waals surface area contributed by atoms with Gasteiger partial charge in [-0.05, 0) is 30.3 Å². The van der Waals surface area contributed by atoms with E-state index in [1.54, 1.807) is 18.2 Å². The van der Waals surface area contributed by atoms with Crippen LogP contribution in [0.5, 0.6) is 0 Å². The second kappa shape index (κ2) is 8.70. The molecule has 24 heavy (non-hydrogen) atoms. The lowest BCUT2D eigenvalue weighted by Crippen LogP contribution is -2.30. The standard InChI is InChI=1S/C19H19FN2O2/c1-24-19(23)18(21)8-4-5-14-9-11-16(12-10-14)22-13-15-6-2-3-7-17(15)20/h2-3,6-7,9-12,18,22H,8,13,21H2,1H3/t18-/m0/s1. The van der Waals surface area contributed by atoms with Crippen LogP contribution in [0.25, 0.3) is 0 Å². The summed E-state index contributed by atoms with van der Waals surface area (Å²) in [7, 11) is 1.29. The summed E-state index contributed by atoms with van der Waals surface area (Å²) in [5.74, 6) is 5.09. The smallest absolute Gasteiger partial charge is 0.323 e. The third kappa shape index (κ3) is 5.11. The van der Waals surface area contributed by atoms with Crippen LogP contribution in [-0.4, -0.2) is 19.1 Å². The van der Waals surface area contributed by atoms with Crippen molar-refractivity contribution in [1.82, 2.24) is 0 Å². The fourth-order valence-corrected chi connectivity index (χ4v) is 2.01. The number of hydrogen-bond acceptors (Lipinski definition) is 4. The third-order valence-electron chi connectivity index (χ3n) is 3.38. The van der Waals surface area contributed by atoms with Crippen LogP contribution in [-0.2, 0) is 16.1 Å². The Balaban J connectivity index is 1.89. The van der Waals surface area contributed by atoms with Crippen LogP contribution in [0.4, 0.5) is 10.1 Å². The molecule has 2 rings (SSSR count). The van der Waals surface area contributed by atoms with Gasteiger partial charge in [-0.2, -0.15) is 0 Å². The summed E-state index contributed by atoms with van der Waals surface area (Å²) in [6, 6.07) is 13.3. The number of anilines is 1. The lowest BCUT2D eigenvalue weighted by atomic mass is 10.1. The summed E-state index contributed by atoms with van der Waals surface area (Å²) in [5, 5.41) is 3.16. The lowest BCUT2D eigenvalue weighted by Gasteiger charge is -2.07. The summed E-state index contributed by atoms with van der Waals surface area (Å²) in [4.78, 5) is 11.2. The second-order valence-electron chi connectivity index (χ2n) is 5.16. The van der Waals surface area contributed by atoms with Gasteiger partial charge in [-0.15, -0.1) is 0 Å². The fraction of sp³-hybridized carbons (Fsp3) is 0.211. The molecular weight excluding hydrogens is 307 g/mol. The van der Waals surface area contributed by atoms with Crippen LogP contribution in [0, 0.1) is 17.7 Å². The molecule has 0 fully saturated rings. The van der Waals surface area contributed by atoms with Crippen molar-refractivity contribution in [3.05, 3.63) is 65.5 Å². The number of carbonyl (C=O) groups excluding carboxylic acids is 1. The summed E-state index contributed by atoms with van der Waals surface area (Å²) >= 11 is 0. The van der Waals surface area contributed by atoms with Crippen LogP contribution in [0.2, 0.25) is 0 Å². The second-order valence-corrected chi connectivity index (χ2v) is 5.16. The van der Waals surface area contributed by atoms with Crippen LogP contribution >= 0.6 is 0 Å². The van der Waals surface area contributed by atoms with Gasteiger partial charge in [0.25, 0.3) is 0 Å². The number of methoxy groups -OCH3 is 1. The molecule has 0 saturated heterocycles. The summed E-state index contributed by atoms with van der Waals surface area (Å²) in [5.41, 5.74) is 7.89. The molecule has 0 unspecified atom stereocenters. The van der Waals surface area contributed by atoms with Gasteiger partial charge < -0.3 is 15.8 Å². The largest absolute Gasteiger partial charge is 0.468 e. The molecule has 0 aliphatic rings. The monoisotopic (exact) mass is 326 g/mol. The normalized spacial score (nSPS) is 11.1. The lowest BCUT2D eigenvalue weighted by molar-refractivity contribution is -0.142. The quantitative estimate of drug-likeness (QED) is 0.655. The van der Waals surface area contributed by atoms with Gasteiger partial charge in [-0.25, -0.2) is 4.39 Å². The highest BCUT2D eigenvalue weighted by Crippen LogP contribution is 2.12. The first-order chi connectivity index (χ1) is 11.6. The molecule has 0 amide bonds. The molecule has 5 heteroatoms. The average Bonchev–Trinajstić information content (AvgIpc) is 2.61. The van der Waals surface area contributed by atoms with Gasteiger partial charge in [0, 0.05) is 29.8 Å². The molecule has 4 nitrogen and oxygen atoms in total. The number of carbonyl (C=O) groups is 1. The van der Waals surface area contributed by atoms with Gasteiger partial charge in [-0.1, -0.05) is 30.0 Å². The molecule has 0 spiro atoms. The molecule has 0 aromatic heterocycles. The van der Waals surface area contributed by atoms with E-state index < -0.39 is 12.0 Å². The van der Waals surface area contributed by atoms with Crippen LogP contribution in [0.3, 0.4) is 0 Å². The first-order valence-electron chi connectivity index (χ1n) is 7.50. The number of rotatable bonds is 5. The van der Waals surface area contributed by atoms with E-state index in [1.165, 1.54) is 13.2 Å². The van der Waals surface area contributed by atoms with Gasteiger partial charge >= 0.3 is 5.97 Å². The van der Waals surface area contributed by atoms with Crippen LogP contribution in [0.1, 0.15) is 17.5 Å². The van der Waals surface area contributed by atoms with Crippen LogP contribution in [0.15, 0.2) is 48.5 Å². The van der Waals surface area contributed by atoms with Crippen molar-refractivity contribution >= 4 is 11.7 Å². The number of nitrogens with one attached hydrogen (secondary N) is 1. The fourth-order valence-electron chi connectivity index (χ4n) is 2.01. The summed E-state index contributed by atoms with van der Waals surface area (Å²) in [6.07, 6.45) is 0.236. The molecule has 1 atom stereocenters. The van der Waals surface area contributed by atoms with Crippen molar-refractivity contribution in [2.75, 3.05) is 12.4 Å². The Bertz CT molecular complexity index is 748. The highest BCUT2D eigenvalue weighted by atomic mass is 19.1. The van der Waals surface area contributed by atoms with Gasteiger partial charge in [0.05, 0.1) is 7.11 Å². The molecule has 3 N–H and O–H groups in total. The first-order valence-corrected chi connectivity index (χ1v) is 7.50. The summed E-state index contributed by atoms with van der Waals surface area (Å²) < 4.78 is 18.1. The zero-order chi connectivity index (χ0) is 17.4. The van der Waals surface area contributed by atoms with Crippen molar-refractivity contribution in [2.45, 2.75) is 19.0 Å². The molecule has 2 aromatic carbocycles. The van der Waals surface area contributed by atoms with Crippen molar-refractivity contribution in [3.8, 4) is 11.8 Å². The van der Waals surface area contributed by atoms with E-state index in [2.05, 4.69) is 21.9 Å². The zero-order valence-electron chi connectivity index (χ0n) is 13.4. The van der Waals surface area contributed by atoms with Crippen molar-refractivity contribution in [1.29, 1.82) is 0 Å². The first kappa shape index (κ1) is 17.5. The van der Waals surface area contributed by atoms with Crippen molar-refractivity contribution in [3.63, 3.8) is 0 Å². The predicted octanol–water partition coefficient (Wildman–Crippen LogP) is 2.68. The van der Waals surface area contributed by atoms with E-state index >= 15 is 0 Å². The van der Waals surface area contributed by atoms with Crippen LogP contribution < -0.4 is 11.1 Å². The number of halogens is 1. The molecule has 2 aromatic rings. The van der Waals surface area contributed by atoms with Gasteiger partial charge in [0.2, 0.25) is 0 Å². The Morgan fingerprint density at radius 1 is 1.25 bits per heavy atom. The Labute approximate surface area is 140 Å². The molecule has 0 aliphatic carbocycles. The third-order valence-corrected chi connectivity index (χ3v) is 3.38. The van der Waals surface area contributed by atoms with E-state index in [0.29, 0.717) is 12.1 Å². The van der Waals surface area contributed by atoms with Gasteiger partial charge in [0.1, 0.15) is 11.9 Å². The predicted molar refractivity (Wildman–Crippen MR) is 91.7 cm³/mol. The molecule has 124 valence electrons. The van der Waals surface area contributed by atoms with E-state index in [1.807, 2.05) is 24.3 Å². The highest BCUT2D eigenvalue weighted by Gasteiger charge is 2.10. The molecule has 0 heterocycles. The molecule has 0 saturated carbocycles. The minimum absolute atomic E-state index is 0.227. The minimum Gasteiger partial charge on any atom is -0.468 e. The van der Waals surface area contributed by atoms with Crippen molar-refractivity contribution < 1.29 is 13.9 Å². The number of hydrogen-bond donors (Lipinski definition) is 2. The Morgan fingerprint density at radius 3 is 2.62 bits per heavy atom. The number of esters is 1. The van der Waals surface area contributed by atoms with E-state index in [4.69, 9.17) is 5.73 Å². The van der Waals surface area contributed by atoms with E-state index in [-0.39, 0.29) is 12.2 Å². The maximum Gasteiger partial charge on any atom is 0.323 e. The Morgan fingerprint density at radius 2 is 1.96 bits per heavy atom. The minimum atomic E-state index is -0.732. The highest BCUT2D eigenvalue weighted by molar-refractivity contribution is 5.75. The average molecular weight is 326 g/mol. The maximum absolute atomic E-state index is 13.5. The van der Waals surface area contributed by atoms with Gasteiger partial charge in [0.15, 0.2) is 0 Å².